The molecule has 3 unspecified atom stereocenters. The summed E-state index contributed by atoms with van der Waals surface area (Å²) in [5, 5.41) is 25.3. The first-order valence-corrected chi connectivity index (χ1v) is 5.60. The topological polar surface area (TPSA) is 111 Å². The molecule has 0 spiro atoms. The standard InChI is InChI=1S/C9H16N4O4/c1-2-5-10-11-8-4-3-7(12(14)15)6-9(8)13(16)17/h5,7-9,11H,2-4,6H2,1H3. The molecule has 0 heterocycles. The minimum atomic E-state index is -0.937. The second-order valence-corrected chi connectivity index (χ2v) is 4.06. The van der Waals surface area contributed by atoms with Crippen LogP contribution in [0.15, 0.2) is 5.10 Å². The molecule has 1 rings (SSSR count). The van der Waals surface area contributed by atoms with Crippen molar-refractivity contribution < 1.29 is 9.85 Å². The molecular formula is C9H16N4O4. The molecule has 0 aliphatic heterocycles. The van der Waals surface area contributed by atoms with Gasteiger partial charge in [-0.3, -0.25) is 20.2 Å². The van der Waals surface area contributed by atoms with E-state index in [1.165, 1.54) is 0 Å². The Balaban J connectivity index is 2.62. The lowest BCUT2D eigenvalue weighted by molar-refractivity contribution is -0.570. The summed E-state index contributed by atoms with van der Waals surface area (Å²) in [7, 11) is 0. The number of nitrogens with one attached hydrogen (secondary N) is 1. The molecule has 0 bridgehead atoms. The number of nitrogens with zero attached hydrogens (tertiary/aromatic N) is 3. The van der Waals surface area contributed by atoms with Gasteiger partial charge in [-0.25, -0.2) is 0 Å². The van der Waals surface area contributed by atoms with E-state index >= 15 is 0 Å². The fourth-order valence-corrected chi connectivity index (χ4v) is 1.94. The molecule has 0 aromatic heterocycles. The highest BCUT2D eigenvalue weighted by Gasteiger charge is 2.43. The van der Waals surface area contributed by atoms with Gasteiger partial charge >= 0.3 is 0 Å². The highest BCUT2D eigenvalue weighted by Crippen LogP contribution is 2.23. The van der Waals surface area contributed by atoms with Gasteiger partial charge in [0.05, 0.1) is 6.42 Å². The predicted octanol–water partition coefficient (Wildman–Crippen LogP) is 0.815. The van der Waals surface area contributed by atoms with Gasteiger partial charge < -0.3 is 5.43 Å². The molecule has 0 saturated heterocycles. The van der Waals surface area contributed by atoms with Gasteiger partial charge in [-0.1, -0.05) is 6.92 Å². The van der Waals surface area contributed by atoms with E-state index in [1.807, 2.05) is 6.92 Å². The Hall–Kier alpha value is -1.73. The Labute approximate surface area is 98.4 Å². The van der Waals surface area contributed by atoms with Crippen molar-refractivity contribution >= 4 is 6.21 Å². The van der Waals surface area contributed by atoms with E-state index in [0.29, 0.717) is 12.8 Å². The van der Waals surface area contributed by atoms with Crippen molar-refractivity contribution in [2.24, 2.45) is 5.10 Å². The maximum atomic E-state index is 10.9. The third-order valence-electron chi connectivity index (χ3n) is 2.87. The first-order valence-electron chi connectivity index (χ1n) is 5.60. The van der Waals surface area contributed by atoms with E-state index in [9.17, 15) is 20.2 Å². The molecule has 0 amide bonds. The van der Waals surface area contributed by atoms with Crippen LogP contribution in [0.25, 0.3) is 0 Å². The van der Waals surface area contributed by atoms with Crippen molar-refractivity contribution in [1.82, 2.24) is 5.43 Å². The Morgan fingerprint density at radius 1 is 1.35 bits per heavy atom. The Kier molecular flexibility index (Phi) is 4.80. The van der Waals surface area contributed by atoms with Crippen LogP contribution in [0.4, 0.5) is 0 Å². The molecule has 1 N–H and O–H groups in total. The predicted molar refractivity (Wildman–Crippen MR) is 61.1 cm³/mol. The maximum absolute atomic E-state index is 10.9. The third kappa shape index (κ3) is 3.65. The van der Waals surface area contributed by atoms with Gasteiger partial charge in [0.15, 0.2) is 0 Å². The van der Waals surface area contributed by atoms with E-state index in [1.54, 1.807) is 6.21 Å². The molecule has 1 saturated carbocycles. The second-order valence-electron chi connectivity index (χ2n) is 4.06. The number of nitro groups is 2. The zero-order chi connectivity index (χ0) is 12.8. The average Bonchev–Trinajstić information content (AvgIpc) is 2.29. The highest BCUT2D eigenvalue weighted by molar-refractivity contribution is 5.56. The minimum Gasteiger partial charge on any atom is -0.300 e. The van der Waals surface area contributed by atoms with Crippen LogP contribution < -0.4 is 5.43 Å². The van der Waals surface area contributed by atoms with Gasteiger partial charge in [-0.2, -0.15) is 5.10 Å². The molecule has 8 nitrogen and oxygen atoms in total. The van der Waals surface area contributed by atoms with E-state index in [4.69, 9.17) is 0 Å². The van der Waals surface area contributed by atoms with Gasteiger partial charge in [0.2, 0.25) is 12.1 Å². The van der Waals surface area contributed by atoms with Gasteiger partial charge in [0, 0.05) is 22.5 Å². The Morgan fingerprint density at radius 3 is 2.59 bits per heavy atom. The molecule has 0 aromatic carbocycles. The van der Waals surface area contributed by atoms with E-state index in [-0.39, 0.29) is 6.42 Å². The van der Waals surface area contributed by atoms with Crippen LogP contribution in [-0.4, -0.2) is 34.2 Å². The molecule has 1 aliphatic rings. The Morgan fingerprint density at radius 2 is 2.06 bits per heavy atom. The van der Waals surface area contributed by atoms with Crippen molar-refractivity contribution in [3.8, 4) is 0 Å². The quantitative estimate of drug-likeness (QED) is 0.437. The summed E-state index contributed by atoms with van der Waals surface area (Å²) >= 11 is 0. The van der Waals surface area contributed by atoms with Crippen LogP contribution in [0.2, 0.25) is 0 Å². The maximum Gasteiger partial charge on any atom is 0.241 e. The van der Waals surface area contributed by atoms with Gasteiger partial charge in [-0.15, -0.1) is 0 Å². The molecule has 8 heteroatoms. The van der Waals surface area contributed by atoms with Crippen molar-refractivity contribution in [3.05, 3.63) is 20.2 Å². The second kappa shape index (κ2) is 6.12. The molecule has 1 fully saturated rings. The summed E-state index contributed by atoms with van der Waals surface area (Å²) in [5.74, 6) is 0. The summed E-state index contributed by atoms with van der Waals surface area (Å²) in [6.45, 7) is 1.90. The van der Waals surface area contributed by atoms with Crippen LogP contribution in [-0.2, 0) is 0 Å². The van der Waals surface area contributed by atoms with Gasteiger partial charge in [-0.05, 0) is 12.8 Å². The van der Waals surface area contributed by atoms with Crippen molar-refractivity contribution in [2.45, 2.75) is 50.7 Å². The van der Waals surface area contributed by atoms with Gasteiger partial charge in [0.1, 0.15) is 6.04 Å². The SMILES string of the molecule is CCC=NNC1CCC([N+](=O)[O-])CC1[N+](=O)[O-]. The Bertz CT molecular complexity index is 320. The lowest BCUT2D eigenvalue weighted by Gasteiger charge is -2.26. The minimum absolute atomic E-state index is 0.0285. The van der Waals surface area contributed by atoms with Crippen LogP contribution >= 0.6 is 0 Å². The molecule has 0 radical (unpaired) electrons. The molecule has 96 valence electrons. The summed E-state index contributed by atoms with van der Waals surface area (Å²) in [6.07, 6.45) is 3.09. The fourth-order valence-electron chi connectivity index (χ4n) is 1.94. The normalized spacial score (nSPS) is 29.1. The zero-order valence-electron chi connectivity index (χ0n) is 9.61. The monoisotopic (exact) mass is 244 g/mol. The van der Waals surface area contributed by atoms with Crippen molar-refractivity contribution in [2.75, 3.05) is 0 Å². The fraction of sp³-hybridized carbons (Fsp3) is 0.889. The largest absolute Gasteiger partial charge is 0.300 e. The number of hydrogen-bond acceptors (Lipinski definition) is 6. The number of rotatable bonds is 5. The van der Waals surface area contributed by atoms with E-state index in [0.717, 1.165) is 6.42 Å². The molecular weight excluding hydrogens is 228 g/mol. The lowest BCUT2D eigenvalue weighted by Crippen LogP contribution is -2.49. The molecule has 3 atom stereocenters. The van der Waals surface area contributed by atoms with E-state index in [2.05, 4.69) is 10.5 Å². The first kappa shape index (κ1) is 13.3. The molecule has 17 heavy (non-hydrogen) atoms. The zero-order valence-corrected chi connectivity index (χ0v) is 9.61. The van der Waals surface area contributed by atoms with Crippen LogP contribution in [0.1, 0.15) is 32.6 Å². The van der Waals surface area contributed by atoms with Gasteiger partial charge in [0.25, 0.3) is 0 Å². The van der Waals surface area contributed by atoms with E-state index < -0.39 is 28.0 Å². The van der Waals surface area contributed by atoms with Crippen molar-refractivity contribution in [1.29, 1.82) is 0 Å². The van der Waals surface area contributed by atoms with Crippen LogP contribution in [0.3, 0.4) is 0 Å². The first-order chi connectivity index (χ1) is 8.06. The summed E-state index contributed by atoms with van der Waals surface area (Å²) in [4.78, 5) is 20.6. The highest BCUT2D eigenvalue weighted by atomic mass is 16.6. The third-order valence-corrected chi connectivity index (χ3v) is 2.87. The summed E-state index contributed by atoms with van der Waals surface area (Å²) in [6, 6.07) is -2.16. The van der Waals surface area contributed by atoms with Crippen LogP contribution in [0.5, 0.6) is 0 Å². The van der Waals surface area contributed by atoms with Crippen LogP contribution in [0, 0.1) is 20.2 Å². The summed E-state index contributed by atoms with van der Waals surface area (Å²) in [5.41, 5.74) is 2.72. The smallest absolute Gasteiger partial charge is 0.241 e. The van der Waals surface area contributed by atoms with Crippen molar-refractivity contribution in [3.63, 3.8) is 0 Å². The lowest BCUT2D eigenvalue weighted by atomic mass is 9.88. The number of hydrogen-bond donors (Lipinski definition) is 1. The molecule has 0 aromatic rings. The number of hydrazone groups is 1. The molecule has 1 aliphatic carbocycles. The average molecular weight is 244 g/mol. The summed E-state index contributed by atoms with van der Waals surface area (Å²) < 4.78 is 0.